The molecule has 3 atom stereocenters. The molecule has 1 fully saturated rings. The van der Waals surface area contributed by atoms with Gasteiger partial charge in [-0.1, -0.05) is 39.5 Å². The Hall–Kier alpha value is -0.610. The van der Waals surface area contributed by atoms with Crippen LogP contribution in [0.2, 0.25) is 0 Å². The van der Waals surface area contributed by atoms with Crippen LogP contribution < -0.4 is 0 Å². The number of aliphatic carboxylic acids is 1. The topological polar surface area (TPSA) is 66.8 Å². The van der Waals surface area contributed by atoms with E-state index in [1.165, 1.54) is 0 Å². The summed E-state index contributed by atoms with van der Waals surface area (Å²) in [4.78, 5) is 11.7. The molecule has 4 heteroatoms. The molecular formula is C16H30O4. The van der Waals surface area contributed by atoms with Crippen molar-refractivity contribution in [2.75, 3.05) is 13.2 Å². The quantitative estimate of drug-likeness (QED) is 0.639. The Kier molecular flexibility index (Phi) is 7.52. The van der Waals surface area contributed by atoms with Gasteiger partial charge in [0, 0.05) is 6.61 Å². The highest BCUT2D eigenvalue weighted by atomic mass is 16.5. The largest absolute Gasteiger partial charge is 0.481 e. The van der Waals surface area contributed by atoms with Crippen LogP contribution in [-0.4, -0.2) is 35.5 Å². The zero-order valence-corrected chi connectivity index (χ0v) is 12.9. The zero-order chi connectivity index (χ0) is 15.0. The SMILES string of the molecule is CCCCOCC(O)CC1(C(=O)O)CCCC(CC)C1. The van der Waals surface area contributed by atoms with Gasteiger partial charge >= 0.3 is 5.97 Å². The number of aliphatic hydroxyl groups excluding tert-OH is 1. The first-order chi connectivity index (χ1) is 9.54. The second kappa shape index (κ2) is 8.63. The molecule has 3 unspecified atom stereocenters. The fourth-order valence-electron chi connectivity index (χ4n) is 3.28. The molecule has 0 amide bonds. The predicted molar refractivity (Wildman–Crippen MR) is 78.7 cm³/mol. The lowest BCUT2D eigenvalue weighted by Gasteiger charge is -2.38. The van der Waals surface area contributed by atoms with E-state index in [2.05, 4.69) is 13.8 Å². The number of carboxylic acid groups (broad SMARTS) is 1. The average Bonchev–Trinajstić information content (AvgIpc) is 2.43. The fraction of sp³-hybridized carbons (Fsp3) is 0.938. The van der Waals surface area contributed by atoms with E-state index >= 15 is 0 Å². The van der Waals surface area contributed by atoms with Gasteiger partial charge in [0.25, 0.3) is 0 Å². The van der Waals surface area contributed by atoms with Gasteiger partial charge in [-0.25, -0.2) is 0 Å². The first-order valence-electron chi connectivity index (χ1n) is 8.03. The van der Waals surface area contributed by atoms with E-state index in [4.69, 9.17) is 4.74 Å². The van der Waals surface area contributed by atoms with Gasteiger partial charge in [-0.2, -0.15) is 0 Å². The molecule has 20 heavy (non-hydrogen) atoms. The summed E-state index contributed by atoms with van der Waals surface area (Å²) >= 11 is 0. The van der Waals surface area contributed by atoms with Crippen LogP contribution in [0.15, 0.2) is 0 Å². The number of aliphatic hydroxyl groups is 1. The third-order valence-corrected chi connectivity index (χ3v) is 4.56. The lowest BCUT2D eigenvalue weighted by atomic mass is 9.66. The first-order valence-corrected chi connectivity index (χ1v) is 8.03. The maximum atomic E-state index is 11.7. The lowest BCUT2D eigenvalue weighted by Crippen LogP contribution is -2.40. The molecule has 2 N–H and O–H groups in total. The Morgan fingerprint density at radius 3 is 2.80 bits per heavy atom. The van der Waals surface area contributed by atoms with Crippen LogP contribution in [0, 0.1) is 11.3 Å². The minimum atomic E-state index is -0.747. The van der Waals surface area contributed by atoms with Crippen LogP contribution in [0.25, 0.3) is 0 Å². The predicted octanol–water partition coefficient (Wildman–Crippen LogP) is 3.23. The number of carboxylic acids is 1. The Labute approximate surface area is 122 Å². The van der Waals surface area contributed by atoms with E-state index in [0.29, 0.717) is 31.8 Å². The van der Waals surface area contributed by atoms with Gasteiger partial charge in [-0.15, -0.1) is 0 Å². The molecule has 0 aromatic heterocycles. The zero-order valence-electron chi connectivity index (χ0n) is 12.9. The lowest BCUT2D eigenvalue weighted by molar-refractivity contribution is -0.155. The molecule has 0 bridgehead atoms. The van der Waals surface area contributed by atoms with Gasteiger partial charge in [-0.3, -0.25) is 4.79 Å². The molecule has 0 radical (unpaired) electrons. The normalized spacial score (nSPS) is 28.2. The number of hydrogen-bond donors (Lipinski definition) is 2. The van der Waals surface area contributed by atoms with Crippen LogP contribution >= 0.6 is 0 Å². The van der Waals surface area contributed by atoms with Crippen LogP contribution in [0.3, 0.4) is 0 Å². The molecule has 1 aliphatic carbocycles. The fourth-order valence-corrected chi connectivity index (χ4v) is 3.28. The molecular weight excluding hydrogens is 256 g/mol. The Bertz CT molecular complexity index is 292. The van der Waals surface area contributed by atoms with Crippen molar-refractivity contribution in [2.45, 2.75) is 71.3 Å². The average molecular weight is 286 g/mol. The Morgan fingerprint density at radius 2 is 2.20 bits per heavy atom. The summed E-state index contributed by atoms with van der Waals surface area (Å²) in [6.45, 7) is 5.11. The van der Waals surface area contributed by atoms with Gasteiger partial charge < -0.3 is 14.9 Å². The van der Waals surface area contributed by atoms with Crippen LogP contribution in [0.1, 0.15) is 65.2 Å². The molecule has 0 spiro atoms. The van der Waals surface area contributed by atoms with E-state index in [-0.39, 0.29) is 6.61 Å². The van der Waals surface area contributed by atoms with Crippen molar-refractivity contribution in [3.8, 4) is 0 Å². The Balaban J connectivity index is 2.51. The van der Waals surface area contributed by atoms with Gasteiger partial charge in [0.1, 0.15) is 0 Å². The van der Waals surface area contributed by atoms with Crippen molar-refractivity contribution < 1.29 is 19.7 Å². The first kappa shape index (κ1) is 17.4. The van der Waals surface area contributed by atoms with E-state index in [9.17, 15) is 15.0 Å². The summed E-state index contributed by atoms with van der Waals surface area (Å²) < 4.78 is 5.41. The molecule has 0 aliphatic heterocycles. The van der Waals surface area contributed by atoms with Gasteiger partial charge in [0.05, 0.1) is 18.1 Å². The van der Waals surface area contributed by atoms with Crippen LogP contribution in [0.5, 0.6) is 0 Å². The van der Waals surface area contributed by atoms with Crippen molar-refractivity contribution in [2.24, 2.45) is 11.3 Å². The number of carbonyl (C=O) groups is 1. The van der Waals surface area contributed by atoms with Gasteiger partial charge in [0.15, 0.2) is 0 Å². The molecule has 0 saturated heterocycles. The monoisotopic (exact) mass is 286 g/mol. The minimum absolute atomic E-state index is 0.256. The summed E-state index contributed by atoms with van der Waals surface area (Å²) in [7, 11) is 0. The molecule has 118 valence electrons. The number of unbranched alkanes of at least 4 members (excludes halogenated alkanes) is 1. The molecule has 1 aliphatic rings. The molecule has 1 saturated carbocycles. The third kappa shape index (κ3) is 5.06. The highest BCUT2D eigenvalue weighted by Crippen LogP contribution is 2.44. The third-order valence-electron chi connectivity index (χ3n) is 4.56. The maximum Gasteiger partial charge on any atom is 0.309 e. The van der Waals surface area contributed by atoms with Crippen molar-refractivity contribution in [3.63, 3.8) is 0 Å². The number of ether oxygens (including phenoxy) is 1. The number of rotatable bonds is 9. The Morgan fingerprint density at radius 1 is 1.45 bits per heavy atom. The molecule has 0 heterocycles. The number of hydrogen-bond acceptors (Lipinski definition) is 3. The summed E-state index contributed by atoms with van der Waals surface area (Å²) in [6, 6.07) is 0. The van der Waals surface area contributed by atoms with E-state index < -0.39 is 17.5 Å². The molecule has 4 nitrogen and oxygen atoms in total. The van der Waals surface area contributed by atoms with E-state index in [1.54, 1.807) is 0 Å². The second-order valence-electron chi connectivity index (χ2n) is 6.24. The second-order valence-corrected chi connectivity index (χ2v) is 6.24. The van der Waals surface area contributed by atoms with Crippen molar-refractivity contribution in [1.82, 2.24) is 0 Å². The molecule has 1 rings (SSSR count). The van der Waals surface area contributed by atoms with Crippen LogP contribution in [-0.2, 0) is 9.53 Å². The van der Waals surface area contributed by atoms with E-state index in [1.807, 2.05) is 0 Å². The summed E-state index contributed by atoms with van der Waals surface area (Å²) in [6.07, 6.45) is 6.18. The van der Waals surface area contributed by atoms with E-state index in [0.717, 1.165) is 32.1 Å². The summed E-state index contributed by atoms with van der Waals surface area (Å²) in [5.74, 6) is -0.267. The van der Waals surface area contributed by atoms with Gasteiger partial charge in [-0.05, 0) is 31.6 Å². The standard InChI is InChI=1S/C16H30O4/c1-3-5-9-20-12-14(17)11-16(15(18)19)8-6-7-13(4-2)10-16/h13-14,17H,3-12H2,1-2H3,(H,18,19). The highest BCUT2D eigenvalue weighted by molar-refractivity contribution is 5.74. The maximum absolute atomic E-state index is 11.7. The minimum Gasteiger partial charge on any atom is -0.481 e. The highest BCUT2D eigenvalue weighted by Gasteiger charge is 2.43. The van der Waals surface area contributed by atoms with Crippen molar-refractivity contribution in [1.29, 1.82) is 0 Å². The van der Waals surface area contributed by atoms with Crippen molar-refractivity contribution in [3.05, 3.63) is 0 Å². The molecule has 0 aromatic rings. The summed E-state index contributed by atoms with van der Waals surface area (Å²) in [5, 5.41) is 19.7. The van der Waals surface area contributed by atoms with Crippen molar-refractivity contribution >= 4 is 5.97 Å². The molecule has 0 aromatic carbocycles. The summed E-state index contributed by atoms with van der Waals surface area (Å²) in [5.41, 5.74) is -0.744. The van der Waals surface area contributed by atoms with Gasteiger partial charge in [0.2, 0.25) is 0 Å². The van der Waals surface area contributed by atoms with Crippen LogP contribution in [0.4, 0.5) is 0 Å². The smallest absolute Gasteiger partial charge is 0.309 e.